The minimum atomic E-state index is -0.376. The van der Waals surface area contributed by atoms with Crippen LogP contribution in [-0.4, -0.2) is 50.2 Å². The highest BCUT2D eigenvalue weighted by Gasteiger charge is 2.51. The number of fused-ring (bicyclic) bond motifs is 2. The topological polar surface area (TPSA) is 75.9 Å². The van der Waals surface area contributed by atoms with Gasteiger partial charge in [-0.1, -0.05) is 31.9 Å². The van der Waals surface area contributed by atoms with Crippen LogP contribution in [0.4, 0.5) is 5.82 Å². The van der Waals surface area contributed by atoms with E-state index in [-0.39, 0.29) is 11.3 Å². The van der Waals surface area contributed by atoms with E-state index >= 15 is 0 Å². The number of amides is 1. The predicted octanol–water partition coefficient (Wildman–Crippen LogP) is 3.63. The zero-order valence-electron chi connectivity index (χ0n) is 17.9. The summed E-state index contributed by atoms with van der Waals surface area (Å²) in [4.78, 5) is 24.7. The molecule has 1 saturated heterocycles. The van der Waals surface area contributed by atoms with Gasteiger partial charge in [0, 0.05) is 6.54 Å². The average Bonchev–Trinajstić information content (AvgIpc) is 3.34. The molecule has 0 spiro atoms. The van der Waals surface area contributed by atoms with Crippen molar-refractivity contribution < 1.29 is 4.79 Å². The highest BCUT2D eigenvalue weighted by Crippen LogP contribution is 2.53. The molecule has 2 aliphatic carbocycles. The number of hydrogen-bond acceptors (Lipinski definition) is 5. The molecule has 2 aromatic heterocycles. The molecule has 1 N–H and O–H groups in total. The monoisotopic (exact) mass is 408 g/mol. The van der Waals surface area contributed by atoms with Crippen molar-refractivity contribution in [2.24, 2.45) is 17.3 Å². The smallest absolute Gasteiger partial charge is 0.235 e. The first kappa shape index (κ1) is 19.7. The van der Waals surface area contributed by atoms with Crippen molar-refractivity contribution in [2.45, 2.75) is 58.4 Å². The lowest BCUT2D eigenvalue weighted by Crippen LogP contribution is -2.36. The molecule has 0 aromatic carbocycles. The van der Waals surface area contributed by atoms with Gasteiger partial charge < -0.3 is 10.2 Å². The van der Waals surface area contributed by atoms with Gasteiger partial charge in [0.1, 0.15) is 12.1 Å². The summed E-state index contributed by atoms with van der Waals surface area (Å²) >= 11 is 0. The van der Waals surface area contributed by atoms with Gasteiger partial charge in [-0.2, -0.15) is 5.10 Å². The lowest BCUT2D eigenvalue weighted by Gasteiger charge is -2.26. The zero-order valence-corrected chi connectivity index (χ0v) is 17.9. The predicted molar refractivity (Wildman–Crippen MR) is 117 cm³/mol. The fourth-order valence-electron chi connectivity index (χ4n) is 5.81. The number of allylic oxidation sites excluding steroid dienone is 1. The highest BCUT2D eigenvalue weighted by molar-refractivity contribution is 6.02. The number of rotatable bonds is 5. The number of aromatic nitrogens is 4. The van der Waals surface area contributed by atoms with Crippen molar-refractivity contribution in [3.8, 4) is 0 Å². The Balaban J connectivity index is 1.32. The molecule has 2 fully saturated rings. The SMILES string of the molecule is CC1CC2CC=CC2(C(=O)Nc2ncnc3c2cnn3CCN2CCCCCC2)C1. The van der Waals surface area contributed by atoms with Crippen LogP contribution in [0.3, 0.4) is 0 Å². The standard InChI is InChI=1S/C23H32N6O/c1-17-13-18-7-6-8-23(18,14-17)22(30)27-20-19-15-26-29(21(19)25-16-24-20)12-11-28-9-4-2-3-5-10-28/h6,8,15-18H,2-5,7,9-14H2,1H3,(H,24,25,27,30). The molecule has 1 aliphatic heterocycles. The summed E-state index contributed by atoms with van der Waals surface area (Å²) in [5.41, 5.74) is 0.422. The summed E-state index contributed by atoms with van der Waals surface area (Å²) in [7, 11) is 0. The van der Waals surface area contributed by atoms with Crippen LogP contribution in [0.2, 0.25) is 0 Å². The second kappa shape index (κ2) is 8.10. The third-order valence-corrected chi connectivity index (χ3v) is 7.35. The fraction of sp³-hybridized carbons (Fsp3) is 0.652. The van der Waals surface area contributed by atoms with Crippen molar-refractivity contribution in [3.05, 3.63) is 24.7 Å². The Bertz CT molecular complexity index is 944. The maximum Gasteiger partial charge on any atom is 0.235 e. The fourth-order valence-corrected chi connectivity index (χ4v) is 5.81. The Morgan fingerprint density at radius 1 is 1.20 bits per heavy atom. The van der Waals surface area contributed by atoms with Crippen molar-refractivity contribution in [3.63, 3.8) is 0 Å². The van der Waals surface area contributed by atoms with E-state index in [1.165, 1.54) is 38.8 Å². The lowest BCUT2D eigenvalue weighted by atomic mass is 9.80. The third-order valence-electron chi connectivity index (χ3n) is 7.35. The number of nitrogens with zero attached hydrogens (tertiary/aromatic N) is 5. The van der Waals surface area contributed by atoms with Crippen LogP contribution >= 0.6 is 0 Å². The van der Waals surface area contributed by atoms with Gasteiger partial charge in [0.2, 0.25) is 5.91 Å². The van der Waals surface area contributed by atoms with Crippen molar-refractivity contribution in [1.82, 2.24) is 24.6 Å². The normalized spacial score (nSPS) is 29.2. The van der Waals surface area contributed by atoms with Crippen LogP contribution in [0.15, 0.2) is 24.7 Å². The maximum absolute atomic E-state index is 13.3. The van der Waals surface area contributed by atoms with Gasteiger partial charge in [0.25, 0.3) is 0 Å². The second-order valence-corrected chi connectivity index (χ2v) is 9.46. The molecule has 3 aliphatic rings. The first-order valence-electron chi connectivity index (χ1n) is 11.5. The summed E-state index contributed by atoms with van der Waals surface area (Å²) < 4.78 is 1.95. The Labute approximate surface area is 177 Å². The van der Waals surface area contributed by atoms with E-state index < -0.39 is 0 Å². The number of likely N-dealkylation sites (tertiary alicyclic amines) is 1. The molecular weight excluding hydrogens is 376 g/mol. The number of anilines is 1. The van der Waals surface area contributed by atoms with E-state index in [2.05, 4.69) is 44.4 Å². The van der Waals surface area contributed by atoms with Crippen LogP contribution in [0.25, 0.3) is 11.0 Å². The Hall–Kier alpha value is -2.28. The van der Waals surface area contributed by atoms with Crippen LogP contribution < -0.4 is 5.32 Å². The highest BCUT2D eigenvalue weighted by atomic mass is 16.2. The molecular formula is C23H32N6O. The Morgan fingerprint density at radius 3 is 2.87 bits per heavy atom. The molecule has 160 valence electrons. The summed E-state index contributed by atoms with van der Waals surface area (Å²) in [5.74, 6) is 1.65. The van der Waals surface area contributed by atoms with Gasteiger partial charge in [0.05, 0.1) is 23.5 Å². The molecule has 1 saturated carbocycles. The number of nitrogens with one attached hydrogen (secondary N) is 1. The molecule has 2 aromatic rings. The number of carbonyl (C=O) groups excluding carboxylic acids is 1. The molecule has 5 rings (SSSR count). The molecule has 3 atom stereocenters. The average molecular weight is 409 g/mol. The van der Waals surface area contributed by atoms with Gasteiger partial charge in [-0.3, -0.25) is 4.79 Å². The first-order valence-corrected chi connectivity index (χ1v) is 11.5. The molecule has 30 heavy (non-hydrogen) atoms. The van der Waals surface area contributed by atoms with Crippen LogP contribution in [0.1, 0.15) is 51.9 Å². The lowest BCUT2D eigenvalue weighted by molar-refractivity contribution is -0.124. The van der Waals surface area contributed by atoms with Crippen LogP contribution in [0.5, 0.6) is 0 Å². The van der Waals surface area contributed by atoms with E-state index in [0.717, 1.165) is 43.4 Å². The van der Waals surface area contributed by atoms with E-state index in [1.54, 1.807) is 12.5 Å². The van der Waals surface area contributed by atoms with Crippen LogP contribution in [0, 0.1) is 17.3 Å². The summed E-state index contributed by atoms with van der Waals surface area (Å²) in [6.45, 7) is 6.38. The van der Waals surface area contributed by atoms with Gasteiger partial charge in [-0.25, -0.2) is 14.6 Å². The Kier molecular flexibility index (Phi) is 5.31. The summed E-state index contributed by atoms with van der Waals surface area (Å²) in [5, 5.41) is 8.52. The van der Waals surface area contributed by atoms with Crippen LogP contribution in [-0.2, 0) is 11.3 Å². The molecule has 3 unspecified atom stereocenters. The molecule has 0 radical (unpaired) electrons. The second-order valence-electron chi connectivity index (χ2n) is 9.46. The van der Waals surface area contributed by atoms with E-state index in [1.807, 2.05) is 4.68 Å². The summed E-state index contributed by atoms with van der Waals surface area (Å²) in [6.07, 6.45) is 15.9. The van der Waals surface area contributed by atoms with E-state index in [4.69, 9.17) is 0 Å². The number of carbonyl (C=O) groups is 1. The Morgan fingerprint density at radius 2 is 2.03 bits per heavy atom. The zero-order chi connectivity index (χ0) is 20.6. The molecule has 7 heteroatoms. The maximum atomic E-state index is 13.3. The molecule has 3 heterocycles. The minimum absolute atomic E-state index is 0.0721. The van der Waals surface area contributed by atoms with Gasteiger partial charge >= 0.3 is 0 Å². The van der Waals surface area contributed by atoms with Gasteiger partial charge in [-0.15, -0.1) is 0 Å². The minimum Gasteiger partial charge on any atom is -0.309 e. The molecule has 7 nitrogen and oxygen atoms in total. The van der Waals surface area contributed by atoms with E-state index in [0.29, 0.717) is 17.7 Å². The van der Waals surface area contributed by atoms with Crippen molar-refractivity contribution in [1.29, 1.82) is 0 Å². The largest absolute Gasteiger partial charge is 0.309 e. The van der Waals surface area contributed by atoms with E-state index in [9.17, 15) is 4.79 Å². The molecule has 0 bridgehead atoms. The third kappa shape index (κ3) is 3.53. The van der Waals surface area contributed by atoms with Gasteiger partial charge in [-0.05, 0) is 57.0 Å². The quantitative estimate of drug-likeness (QED) is 0.765. The molecule has 1 amide bonds. The van der Waals surface area contributed by atoms with Crippen molar-refractivity contribution in [2.75, 3.05) is 25.0 Å². The summed E-state index contributed by atoms with van der Waals surface area (Å²) in [6, 6.07) is 0. The first-order chi connectivity index (χ1) is 14.7. The van der Waals surface area contributed by atoms with Gasteiger partial charge in [0.15, 0.2) is 5.65 Å². The van der Waals surface area contributed by atoms with Crippen molar-refractivity contribution >= 4 is 22.8 Å². The number of hydrogen-bond donors (Lipinski definition) is 1.